The number of aromatic hydroxyl groups is 1. The Morgan fingerprint density at radius 2 is 1.50 bits per heavy atom. The Morgan fingerprint density at radius 1 is 0.929 bits per heavy atom. The van der Waals surface area contributed by atoms with Gasteiger partial charge in [0.1, 0.15) is 28.5 Å². The lowest BCUT2D eigenvalue weighted by Gasteiger charge is -2.14. The maximum absolute atomic E-state index is 13.2. The van der Waals surface area contributed by atoms with E-state index in [1.807, 2.05) is 4.98 Å². The summed E-state index contributed by atoms with van der Waals surface area (Å²) >= 11 is 0. The van der Waals surface area contributed by atoms with Crippen LogP contribution in [0.2, 0.25) is 0 Å². The first-order valence-corrected chi connectivity index (χ1v) is 7.82. The fourth-order valence-electron chi connectivity index (χ4n) is 2.87. The first kappa shape index (κ1) is 18.6. The molecule has 0 saturated heterocycles. The number of rotatable bonds is 4. The molecular formula is C19H13FN2O6. The lowest BCUT2D eigenvalue weighted by atomic mass is 9.92. The Kier molecular flexibility index (Phi) is 4.58. The number of anilines is 1. The molecular weight excluding hydrogens is 371 g/mol. The minimum atomic E-state index is -1.69. The topological polar surface area (TPSA) is 154 Å². The number of halogens is 1. The third kappa shape index (κ3) is 3.16. The van der Waals surface area contributed by atoms with E-state index in [2.05, 4.69) is 0 Å². The number of nitrogens with one attached hydrogen (secondary N) is 1. The normalized spacial score (nSPS) is 10.6. The summed E-state index contributed by atoms with van der Waals surface area (Å²) in [4.78, 5) is 37.4. The summed E-state index contributed by atoms with van der Waals surface area (Å²) < 4.78 is 13.2. The fourth-order valence-corrected chi connectivity index (χ4v) is 2.87. The van der Waals surface area contributed by atoms with Crippen LogP contribution < -0.4 is 11.3 Å². The van der Waals surface area contributed by atoms with Crippen LogP contribution in [0, 0.1) is 5.82 Å². The maximum atomic E-state index is 13.2. The van der Waals surface area contributed by atoms with Gasteiger partial charge in [-0.3, -0.25) is 4.79 Å². The zero-order valence-corrected chi connectivity index (χ0v) is 14.1. The molecule has 28 heavy (non-hydrogen) atoms. The molecule has 0 spiro atoms. The molecule has 142 valence electrons. The van der Waals surface area contributed by atoms with E-state index in [1.165, 1.54) is 42.5 Å². The molecule has 1 heterocycles. The van der Waals surface area contributed by atoms with E-state index in [9.17, 15) is 34.1 Å². The van der Waals surface area contributed by atoms with Crippen LogP contribution in [-0.4, -0.2) is 32.2 Å². The molecule has 1 aromatic heterocycles. The van der Waals surface area contributed by atoms with Crippen LogP contribution in [0.1, 0.15) is 20.7 Å². The second kappa shape index (κ2) is 6.88. The van der Waals surface area contributed by atoms with Gasteiger partial charge >= 0.3 is 11.9 Å². The molecule has 0 unspecified atom stereocenters. The Bertz CT molecular complexity index is 1170. The van der Waals surface area contributed by atoms with Crippen LogP contribution in [0.15, 0.2) is 47.3 Å². The van der Waals surface area contributed by atoms with Crippen molar-refractivity contribution in [1.82, 2.24) is 4.98 Å². The number of aromatic nitrogens is 1. The molecule has 0 radical (unpaired) electrons. The van der Waals surface area contributed by atoms with Gasteiger partial charge in [0.05, 0.1) is 0 Å². The van der Waals surface area contributed by atoms with Crippen LogP contribution >= 0.6 is 0 Å². The molecule has 0 aliphatic heterocycles. The minimum Gasteiger partial charge on any atom is -0.507 e. The van der Waals surface area contributed by atoms with Gasteiger partial charge in [0, 0.05) is 11.1 Å². The lowest BCUT2D eigenvalue weighted by molar-refractivity contribution is 0.0695. The molecule has 0 saturated carbocycles. The Morgan fingerprint density at radius 3 is 2.07 bits per heavy atom. The van der Waals surface area contributed by atoms with Gasteiger partial charge in [-0.05, 0) is 35.4 Å². The van der Waals surface area contributed by atoms with E-state index in [-0.39, 0.29) is 5.56 Å². The van der Waals surface area contributed by atoms with Gasteiger partial charge in [-0.2, -0.15) is 0 Å². The molecule has 0 atom stereocenters. The van der Waals surface area contributed by atoms with Crippen molar-refractivity contribution in [2.24, 2.45) is 0 Å². The number of hydrogen-bond acceptors (Lipinski definition) is 5. The summed E-state index contributed by atoms with van der Waals surface area (Å²) in [6.07, 6.45) is 0. The average Bonchev–Trinajstić information content (AvgIpc) is 2.61. The molecule has 0 amide bonds. The number of nitrogens with two attached hydrogens (primary N) is 1. The van der Waals surface area contributed by atoms with Crippen LogP contribution in [0.5, 0.6) is 5.75 Å². The quantitative estimate of drug-likeness (QED) is 0.463. The van der Waals surface area contributed by atoms with Gasteiger partial charge in [0.15, 0.2) is 0 Å². The van der Waals surface area contributed by atoms with Crippen molar-refractivity contribution in [3.05, 3.63) is 69.8 Å². The number of carboxylic acids is 2. The number of pyridine rings is 1. The van der Waals surface area contributed by atoms with Crippen molar-refractivity contribution in [2.45, 2.75) is 0 Å². The molecule has 3 rings (SSSR count). The number of H-pyrrole nitrogens is 1. The first-order valence-electron chi connectivity index (χ1n) is 7.82. The molecule has 0 fully saturated rings. The number of phenols is 1. The summed E-state index contributed by atoms with van der Waals surface area (Å²) in [5.41, 5.74) is 3.15. The van der Waals surface area contributed by atoms with Gasteiger partial charge in [-0.15, -0.1) is 0 Å². The van der Waals surface area contributed by atoms with Gasteiger partial charge in [0.25, 0.3) is 5.56 Å². The van der Waals surface area contributed by atoms with Crippen molar-refractivity contribution in [1.29, 1.82) is 0 Å². The van der Waals surface area contributed by atoms with Crippen molar-refractivity contribution >= 4 is 17.8 Å². The van der Waals surface area contributed by atoms with E-state index in [1.54, 1.807) is 0 Å². The summed E-state index contributed by atoms with van der Waals surface area (Å²) in [6.45, 7) is 0. The fraction of sp³-hybridized carbons (Fsp3) is 0. The molecule has 2 aromatic carbocycles. The summed E-state index contributed by atoms with van der Waals surface area (Å²) in [7, 11) is 0. The SMILES string of the molecule is Nc1[nH]c(=O)c(C(=O)O)c(-c2cc(-c3ccc(F)cc3)ccc2O)c1C(=O)O. The van der Waals surface area contributed by atoms with Crippen LogP contribution in [-0.2, 0) is 0 Å². The van der Waals surface area contributed by atoms with Crippen LogP contribution in [0.25, 0.3) is 22.3 Å². The van der Waals surface area contributed by atoms with E-state index in [0.717, 1.165) is 0 Å². The number of benzene rings is 2. The molecule has 3 aromatic rings. The molecule has 0 aliphatic carbocycles. The van der Waals surface area contributed by atoms with E-state index in [0.29, 0.717) is 11.1 Å². The predicted octanol–water partition coefficient (Wildman–Crippen LogP) is 2.53. The minimum absolute atomic E-state index is 0.213. The highest BCUT2D eigenvalue weighted by molar-refractivity contribution is 6.08. The molecule has 0 bridgehead atoms. The highest BCUT2D eigenvalue weighted by atomic mass is 19.1. The number of aromatic amines is 1. The Balaban J connectivity index is 2.39. The van der Waals surface area contributed by atoms with E-state index in [4.69, 9.17) is 5.73 Å². The number of phenolic OH excluding ortho intramolecular Hbond substituents is 1. The van der Waals surface area contributed by atoms with Crippen LogP contribution in [0.3, 0.4) is 0 Å². The largest absolute Gasteiger partial charge is 0.507 e. The summed E-state index contributed by atoms with van der Waals surface area (Å²) in [6, 6.07) is 9.31. The molecule has 0 aliphatic rings. The second-order valence-electron chi connectivity index (χ2n) is 5.84. The van der Waals surface area contributed by atoms with E-state index >= 15 is 0 Å². The van der Waals surface area contributed by atoms with Crippen molar-refractivity contribution in [2.75, 3.05) is 5.73 Å². The third-order valence-corrected chi connectivity index (χ3v) is 4.12. The van der Waals surface area contributed by atoms with Crippen molar-refractivity contribution < 1.29 is 29.3 Å². The van der Waals surface area contributed by atoms with Gasteiger partial charge < -0.3 is 26.0 Å². The lowest BCUT2D eigenvalue weighted by Crippen LogP contribution is -2.24. The Labute approximate surface area is 156 Å². The highest BCUT2D eigenvalue weighted by Gasteiger charge is 2.28. The smallest absolute Gasteiger partial charge is 0.342 e. The van der Waals surface area contributed by atoms with Crippen molar-refractivity contribution in [3.63, 3.8) is 0 Å². The summed E-state index contributed by atoms with van der Waals surface area (Å²) in [5, 5.41) is 29.2. The predicted molar refractivity (Wildman–Crippen MR) is 97.9 cm³/mol. The Hall–Kier alpha value is -4.14. The zero-order chi connectivity index (χ0) is 20.6. The second-order valence-corrected chi connectivity index (χ2v) is 5.84. The zero-order valence-electron chi connectivity index (χ0n) is 14.1. The molecule has 8 nitrogen and oxygen atoms in total. The number of nitrogen functional groups attached to an aromatic ring is 1. The standard InChI is InChI=1S/C19H13FN2O6/c20-10-4-1-8(2-5-10)9-3-6-12(23)11(7-9)13-14(18(25)26)16(21)22-17(24)15(13)19(27)28/h1-7,23H,(H,25,26)(H,27,28)(H3,21,22,24). The number of carbonyl (C=O) groups is 2. The van der Waals surface area contributed by atoms with Gasteiger partial charge in [-0.1, -0.05) is 18.2 Å². The average molecular weight is 384 g/mol. The number of aromatic carboxylic acids is 2. The third-order valence-electron chi connectivity index (χ3n) is 4.12. The monoisotopic (exact) mass is 384 g/mol. The highest BCUT2D eigenvalue weighted by Crippen LogP contribution is 2.38. The molecule has 6 N–H and O–H groups in total. The van der Waals surface area contributed by atoms with Gasteiger partial charge in [-0.25, -0.2) is 14.0 Å². The van der Waals surface area contributed by atoms with Gasteiger partial charge in [0.2, 0.25) is 0 Å². The summed E-state index contributed by atoms with van der Waals surface area (Å²) in [5.74, 6) is -4.75. The van der Waals surface area contributed by atoms with Crippen LogP contribution in [0.4, 0.5) is 10.2 Å². The first-order chi connectivity index (χ1) is 13.2. The number of carboxylic acid groups (broad SMARTS) is 2. The molecule has 9 heteroatoms. The number of hydrogen-bond donors (Lipinski definition) is 5. The van der Waals surface area contributed by atoms with Crippen molar-refractivity contribution in [3.8, 4) is 28.0 Å². The maximum Gasteiger partial charge on any atom is 0.342 e. The van der Waals surface area contributed by atoms with E-state index < -0.39 is 51.6 Å².